The molecule has 0 saturated heterocycles. The quantitative estimate of drug-likeness (QED) is 0.505. The normalized spacial score (nSPS) is 10.8. The first-order valence-electron chi connectivity index (χ1n) is 8.52. The fourth-order valence-corrected chi connectivity index (χ4v) is 2.29. The summed E-state index contributed by atoms with van der Waals surface area (Å²) in [5.74, 6) is -0.270. The monoisotopic (exact) mass is 382 g/mol. The summed E-state index contributed by atoms with van der Waals surface area (Å²) in [6, 6.07) is 13.4. The first-order valence-corrected chi connectivity index (χ1v) is 8.52. The SMILES string of the molecule is COc1cccc(C(=O)N/N=C(/C)CC(=O)Nc2ccc(NC(C)=O)cc2)c1. The molecule has 0 aliphatic carbocycles. The van der Waals surface area contributed by atoms with Gasteiger partial charge in [-0.3, -0.25) is 14.4 Å². The number of amides is 3. The van der Waals surface area contributed by atoms with Crippen molar-refractivity contribution in [3.8, 4) is 5.75 Å². The van der Waals surface area contributed by atoms with Gasteiger partial charge in [0.25, 0.3) is 5.91 Å². The maximum absolute atomic E-state index is 12.1. The molecule has 28 heavy (non-hydrogen) atoms. The highest BCUT2D eigenvalue weighted by Gasteiger charge is 2.08. The van der Waals surface area contributed by atoms with E-state index in [9.17, 15) is 14.4 Å². The van der Waals surface area contributed by atoms with Crippen LogP contribution in [0.15, 0.2) is 53.6 Å². The summed E-state index contributed by atoms with van der Waals surface area (Å²) in [6.07, 6.45) is 0.0197. The zero-order valence-electron chi connectivity index (χ0n) is 15.9. The highest BCUT2D eigenvalue weighted by atomic mass is 16.5. The number of benzene rings is 2. The van der Waals surface area contributed by atoms with Gasteiger partial charge in [0.1, 0.15) is 5.75 Å². The number of methoxy groups -OCH3 is 1. The van der Waals surface area contributed by atoms with Crippen LogP contribution in [-0.4, -0.2) is 30.5 Å². The van der Waals surface area contributed by atoms with Crippen molar-refractivity contribution in [1.82, 2.24) is 5.43 Å². The zero-order valence-corrected chi connectivity index (χ0v) is 15.9. The van der Waals surface area contributed by atoms with Crippen LogP contribution in [0, 0.1) is 0 Å². The van der Waals surface area contributed by atoms with Crippen molar-refractivity contribution in [2.24, 2.45) is 5.10 Å². The minimum Gasteiger partial charge on any atom is -0.497 e. The third kappa shape index (κ3) is 6.56. The molecule has 146 valence electrons. The molecule has 0 aromatic heterocycles. The first-order chi connectivity index (χ1) is 13.4. The Hall–Kier alpha value is -3.68. The lowest BCUT2D eigenvalue weighted by Crippen LogP contribution is -2.21. The molecule has 2 aromatic carbocycles. The molecule has 0 unspecified atom stereocenters. The maximum Gasteiger partial charge on any atom is 0.271 e. The van der Waals surface area contributed by atoms with Crippen LogP contribution in [0.25, 0.3) is 0 Å². The van der Waals surface area contributed by atoms with Crippen molar-refractivity contribution >= 4 is 34.8 Å². The van der Waals surface area contributed by atoms with Gasteiger partial charge in [0.05, 0.1) is 13.5 Å². The largest absolute Gasteiger partial charge is 0.497 e. The van der Waals surface area contributed by atoms with E-state index in [0.29, 0.717) is 28.4 Å². The number of carbonyl (C=O) groups excluding carboxylic acids is 3. The number of nitrogens with zero attached hydrogens (tertiary/aromatic N) is 1. The van der Waals surface area contributed by atoms with Crippen LogP contribution < -0.4 is 20.8 Å². The van der Waals surface area contributed by atoms with E-state index in [1.807, 2.05) is 0 Å². The third-order valence-corrected chi connectivity index (χ3v) is 3.59. The molecule has 2 aromatic rings. The molecular formula is C20H22N4O4. The molecule has 2 rings (SSSR count). The van der Waals surface area contributed by atoms with Gasteiger partial charge in [-0.2, -0.15) is 5.10 Å². The predicted octanol–water partition coefficient (Wildman–Crippen LogP) is 2.79. The zero-order chi connectivity index (χ0) is 20.5. The van der Waals surface area contributed by atoms with Crippen LogP contribution in [0.4, 0.5) is 11.4 Å². The second-order valence-corrected chi connectivity index (χ2v) is 6.00. The van der Waals surface area contributed by atoms with Crippen LogP contribution in [0.1, 0.15) is 30.6 Å². The van der Waals surface area contributed by atoms with Crippen molar-refractivity contribution in [1.29, 1.82) is 0 Å². The van der Waals surface area contributed by atoms with Gasteiger partial charge in [-0.1, -0.05) is 6.07 Å². The van der Waals surface area contributed by atoms with Crippen molar-refractivity contribution in [3.63, 3.8) is 0 Å². The number of carbonyl (C=O) groups is 3. The number of anilines is 2. The highest BCUT2D eigenvalue weighted by molar-refractivity contribution is 6.06. The van der Waals surface area contributed by atoms with Crippen LogP contribution in [0.2, 0.25) is 0 Å². The molecule has 0 radical (unpaired) electrons. The third-order valence-electron chi connectivity index (χ3n) is 3.59. The molecule has 0 bridgehead atoms. The fourth-order valence-electron chi connectivity index (χ4n) is 2.29. The molecule has 0 heterocycles. The Bertz CT molecular complexity index is 891. The van der Waals surface area contributed by atoms with E-state index < -0.39 is 5.91 Å². The smallest absolute Gasteiger partial charge is 0.271 e. The standard InChI is InChI=1S/C20H22N4O4/c1-13(23-24-20(27)15-5-4-6-18(12-15)28-3)11-19(26)22-17-9-7-16(8-10-17)21-14(2)25/h4-10,12H,11H2,1-3H3,(H,21,25)(H,22,26)(H,24,27)/b23-13-. The van der Waals surface area contributed by atoms with E-state index in [2.05, 4.69) is 21.2 Å². The Morgan fingerprint density at radius 2 is 1.61 bits per heavy atom. The maximum atomic E-state index is 12.1. The average molecular weight is 382 g/mol. The van der Waals surface area contributed by atoms with Crippen molar-refractivity contribution in [2.75, 3.05) is 17.7 Å². The van der Waals surface area contributed by atoms with Gasteiger partial charge in [-0.15, -0.1) is 0 Å². The van der Waals surface area contributed by atoms with Crippen LogP contribution >= 0.6 is 0 Å². The Morgan fingerprint density at radius 3 is 2.21 bits per heavy atom. The lowest BCUT2D eigenvalue weighted by molar-refractivity contribution is -0.115. The summed E-state index contributed by atoms with van der Waals surface area (Å²) in [5, 5.41) is 9.33. The average Bonchev–Trinajstić information content (AvgIpc) is 2.67. The summed E-state index contributed by atoms with van der Waals surface area (Å²) in [7, 11) is 1.52. The predicted molar refractivity (Wildman–Crippen MR) is 108 cm³/mol. The lowest BCUT2D eigenvalue weighted by atomic mass is 10.2. The molecule has 0 aliphatic heterocycles. The number of hydrogen-bond donors (Lipinski definition) is 3. The molecule has 8 nitrogen and oxygen atoms in total. The summed E-state index contributed by atoms with van der Waals surface area (Å²) in [5.41, 5.74) is 4.50. The van der Waals surface area contributed by atoms with Crippen LogP contribution in [0.5, 0.6) is 5.75 Å². The Kier molecular flexibility index (Phi) is 7.27. The van der Waals surface area contributed by atoms with Crippen LogP contribution in [-0.2, 0) is 9.59 Å². The molecule has 8 heteroatoms. The number of rotatable bonds is 7. The number of hydrazone groups is 1. The summed E-state index contributed by atoms with van der Waals surface area (Å²) in [6.45, 7) is 3.07. The van der Waals surface area contributed by atoms with Gasteiger partial charge < -0.3 is 15.4 Å². The number of ether oxygens (including phenoxy) is 1. The molecular weight excluding hydrogens is 360 g/mol. The van der Waals surface area contributed by atoms with Gasteiger partial charge in [0.2, 0.25) is 11.8 Å². The van der Waals surface area contributed by atoms with E-state index in [1.54, 1.807) is 55.5 Å². The van der Waals surface area contributed by atoms with Crippen molar-refractivity contribution in [2.45, 2.75) is 20.3 Å². The first kappa shape index (κ1) is 20.6. The second-order valence-electron chi connectivity index (χ2n) is 6.00. The Balaban J connectivity index is 1.87. The molecule has 0 spiro atoms. The number of nitrogens with one attached hydrogen (secondary N) is 3. The van der Waals surface area contributed by atoms with Crippen molar-refractivity contribution < 1.29 is 19.1 Å². The Labute approximate surface area is 163 Å². The summed E-state index contributed by atoms with van der Waals surface area (Å²) in [4.78, 5) is 35.2. The number of hydrogen-bond acceptors (Lipinski definition) is 5. The molecule has 0 saturated carbocycles. The van der Waals surface area contributed by atoms with Gasteiger partial charge in [0.15, 0.2) is 0 Å². The molecule has 0 aliphatic rings. The lowest BCUT2D eigenvalue weighted by Gasteiger charge is -2.07. The van der Waals surface area contributed by atoms with Crippen LogP contribution in [0.3, 0.4) is 0 Å². The summed E-state index contributed by atoms with van der Waals surface area (Å²) >= 11 is 0. The van der Waals surface area contributed by atoms with E-state index in [1.165, 1.54) is 14.0 Å². The highest BCUT2D eigenvalue weighted by Crippen LogP contribution is 2.14. The van der Waals surface area contributed by atoms with Gasteiger partial charge in [-0.05, 0) is 49.4 Å². The molecule has 3 amide bonds. The van der Waals surface area contributed by atoms with E-state index in [4.69, 9.17) is 4.74 Å². The molecule has 0 atom stereocenters. The van der Waals surface area contributed by atoms with E-state index in [-0.39, 0.29) is 18.2 Å². The molecule has 0 fully saturated rings. The fraction of sp³-hybridized carbons (Fsp3) is 0.200. The minimum absolute atomic E-state index is 0.0197. The van der Waals surface area contributed by atoms with Gasteiger partial charge in [-0.25, -0.2) is 5.43 Å². The second kappa shape index (κ2) is 9.86. The van der Waals surface area contributed by atoms with Gasteiger partial charge in [0, 0.05) is 29.6 Å². The van der Waals surface area contributed by atoms with Crippen molar-refractivity contribution in [3.05, 3.63) is 54.1 Å². The topological polar surface area (TPSA) is 109 Å². The van der Waals surface area contributed by atoms with E-state index >= 15 is 0 Å². The Morgan fingerprint density at radius 1 is 0.964 bits per heavy atom. The molecule has 3 N–H and O–H groups in total. The minimum atomic E-state index is -0.396. The van der Waals surface area contributed by atoms with Gasteiger partial charge >= 0.3 is 0 Å². The summed E-state index contributed by atoms with van der Waals surface area (Å²) < 4.78 is 5.08. The van der Waals surface area contributed by atoms with E-state index in [0.717, 1.165) is 0 Å².